The molecule has 0 saturated heterocycles. The van der Waals surface area contributed by atoms with Gasteiger partial charge in [-0.25, -0.2) is 0 Å². The van der Waals surface area contributed by atoms with Crippen molar-refractivity contribution in [1.82, 2.24) is 0 Å². The van der Waals surface area contributed by atoms with Crippen LogP contribution >= 0.6 is 0 Å². The van der Waals surface area contributed by atoms with E-state index in [2.05, 4.69) is 0 Å². The largest absolute Gasteiger partial charge is 0.497 e. The minimum absolute atomic E-state index is 0.654. The Bertz CT molecular complexity index is 585. The Labute approximate surface area is 119 Å². The molecule has 106 valence electrons. The van der Waals surface area contributed by atoms with Crippen molar-refractivity contribution in [3.05, 3.63) is 58.7 Å². The summed E-state index contributed by atoms with van der Waals surface area (Å²) in [5, 5.41) is 10.7. The van der Waals surface area contributed by atoms with Crippen molar-refractivity contribution in [3.8, 4) is 11.5 Å². The molecule has 2 rings (SSSR count). The first-order chi connectivity index (χ1) is 9.58. The Hall–Kier alpha value is -2.00. The van der Waals surface area contributed by atoms with Gasteiger partial charge in [0.25, 0.3) is 0 Å². The van der Waals surface area contributed by atoms with E-state index in [0.29, 0.717) is 17.1 Å². The molecule has 3 heteroatoms. The Kier molecular flexibility index (Phi) is 4.30. The predicted molar refractivity (Wildman–Crippen MR) is 79.5 cm³/mol. The average Bonchev–Trinajstić information content (AvgIpc) is 2.46. The fraction of sp³-hybridized carbons (Fsp3) is 0.294. The van der Waals surface area contributed by atoms with Crippen molar-refractivity contribution >= 4 is 0 Å². The van der Waals surface area contributed by atoms with Gasteiger partial charge >= 0.3 is 0 Å². The van der Waals surface area contributed by atoms with Gasteiger partial charge in [-0.1, -0.05) is 18.2 Å². The topological polar surface area (TPSA) is 38.7 Å². The first-order valence-corrected chi connectivity index (χ1v) is 6.54. The number of aliphatic hydroxyl groups is 1. The van der Waals surface area contributed by atoms with E-state index in [1.807, 2.05) is 50.2 Å². The van der Waals surface area contributed by atoms with Crippen LogP contribution in [0.1, 0.15) is 28.4 Å². The average molecular weight is 272 g/mol. The van der Waals surface area contributed by atoms with E-state index in [-0.39, 0.29) is 0 Å². The number of rotatable bonds is 4. The minimum Gasteiger partial charge on any atom is -0.497 e. The molecule has 0 heterocycles. The van der Waals surface area contributed by atoms with Crippen LogP contribution in [0.15, 0.2) is 36.4 Å². The lowest BCUT2D eigenvalue weighted by Crippen LogP contribution is -2.06. The molecule has 0 radical (unpaired) electrons. The van der Waals surface area contributed by atoms with Crippen molar-refractivity contribution in [2.75, 3.05) is 14.2 Å². The lowest BCUT2D eigenvalue weighted by molar-refractivity contribution is 0.212. The van der Waals surface area contributed by atoms with Crippen LogP contribution in [0.3, 0.4) is 0 Å². The van der Waals surface area contributed by atoms with Crippen molar-refractivity contribution in [3.63, 3.8) is 0 Å². The zero-order valence-corrected chi connectivity index (χ0v) is 12.3. The zero-order chi connectivity index (χ0) is 14.7. The van der Waals surface area contributed by atoms with Crippen molar-refractivity contribution < 1.29 is 14.6 Å². The van der Waals surface area contributed by atoms with Gasteiger partial charge in [-0.05, 0) is 48.7 Å². The number of hydrogen-bond donors (Lipinski definition) is 1. The molecule has 1 atom stereocenters. The highest BCUT2D eigenvalue weighted by atomic mass is 16.5. The van der Waals surface area contributed by atoms with E-state index in [0.717, 1.165) is 16.7 Å². The van der Waals surface area contributed by atoms with Crippen LogP contribution in [0.5, 0.6) is 11.5 Å². The molecule has 1 N–H and O–H groups in total. The first-order valence-electron chi connectivity index (χ1n) is 6.54. The molecule has 2 aromatic carbocycles. The summed E-state index contributed by atoms with van der Waals surface area (Å²) in [4.78, 5) is 0. The van der Waals surface area contributed by atoms with Crippen molar-refractivity contribution in [2.45, 2.75) is 20.0 Å². The van der Waals surface area contributed by atoms with Gasteiger partial charge in [0.2, 0.25) is 0 Å². The second-order valence-corrected chi connectivity index (χ2v) is 4.82. The smallest absolute Gasteiger partial charge is 0.125 e. The minimum atomic E-state index is -0.735. The van der Waals surface area contributed by atoms with E-state index >= 15 is 0 Å². The third kappa shape index (κ3) is 2.63. The lowest BCUT2D eigenvalue weighted by Gasteiger charge is -2.19. The van der Waals surface area contributed by atoms with Crippen LogP contribution in [-0.4, -0.2) is 19.3 Å². The SMILES string of the molecule is COc1ccc(OC)c(C(O)c2c(C)cccc2C)c1. The van der Waals surface area contributed by atoms with E-state index in [1.165, 1.54) is 0 Å². The monoisotopic (exact) mass is 272 g/mol. The fourth-order valence-corrected chi connectivity index (χ4v) is 2.47. The van der Waals surface area contributed by atoms with Gasteiger partial charge in [0.05, 0.1) is 14.2 Å². The molecule has 0 aliphatic rings. The van der Waals surface area contributed by atoms with Crippen LogP contribution in [-0.2, 0) is 0 Å². The van der Waals surface area contributed by atoms with Crippen molar-refractivity contribution in [1.29, 1.82) is 0 Å². The Morgan fingerprint density at radius 1 is 0.950 bits per heavy atom. The lowest BCUT2D eigenvalue weighted by atomic mass is 9.93. The molecule has 0 amide bonds. The van der Waals surface area contributed by atoms with Gasteiger partial charge in [-0.3, -0.25) is 0 Å². The molecule has 1 unspecified atom stereocenters. The van der Waals surface area contributed by atoms with Gasteiger partial charge in [0, 0.05) is 5.56 Å². The number of benzene rings is 2. The molecule has 20 heavy (non-hydrogen) atoms. The molecule has 0 aromatic heterocycles. The van der Waals surface area contributed by atoms with Crippen LogP contribution in [0.25, 0.3) is 0 Å². The zero-order valence-electron chi connectivity index (χ0n) is 12.3. The van der Waals surface area contributed by atoms with E-state index in [9.17, 15) is 5.11 Å². The molecule has 2 aromatic rings. The molecule has 0 aliphatic heterocycles. The van der Waals surface area contributed by atoms with E-state index in [1.54, 1.807) is 14.2 Å². The molecule has 0 fully saturated rings. The predicted octanol–water partition coefficient (Wildman–Crippen LogP) is 3.40. The fourth-order valence-electron chi connectivity index (χ4n) is 2.47. The highest BCUT2D eigenvalue weighted by Crippen LogP contribution is 2.35. The summed E-state index contributed by atoms with van der Waals surface area (Å²) in [6.07, 6.45) is -0.735. The Morgan fingerprint density at radius 3 is 2.15 bits per heavy atom. The summed E-state index contributed by atoms with van der Waals surface area (Å²) in [5.41, 5.74) is 3.74. The van der Waals surface area contributed by atoms with Crippen molar-refractivity contribution in [2.24, 2.45) is 0 Å². The van der Waals surface area contributed by atoms with E-state index < -0.39 is 6.10 Å². The summed E-state index contributed by atoms with van der Waals surface area (Å²) < 4.78 is 10.6. The van der Waals surface area contributed by atoms with Crippen LogP contribution < -0.4 is 9.47 Å². The quantitative estimate of drug-likeness (QED) is 0.927. The second kappa shape index (κ2) is 5.97. The molecular weight excluding hydrogens is 252 g/mol. The molecular formula is C17H20O3. The molecule has 0 bridgehead atoms. The number of ether oxygens (including phenoxy) is 2. The van der Waals surface area contributed by atoms with Gasteiger partial charge in [-0.2, -0.15) is 0 Å². The summed E-state index contributed by atoms with van der Waals surface area (Å²) in [6, 6.07) is 11.4. The molecule has 0 saturated carbocycles. The van der Waals surface area contributed by atoms with Gasteiger partial charge < -0.3 is 14.6 Å². The maximum Gasteiger partial charge on any atom is 0.125 e. The number of aryl methyl sites for hydroxylation is 2. The second-order valence-electron chi connectivity index (χ2n) is 4.82. The van der Waals surface area contributed by atoms with Crippen LogP contribution in [0.4, 0.5) is 0 Å². The number of hydrogen-bond acceptors (Lipinski definition) is 3. The third-order valence-corrected chi connectivity index (χ3v) is 3.55. The highest BCUT2D eigenvalue weighted by Gasteiger charge is 2.19. The van der Waals surface area contributed by atoms with E-state index in [4.69, 9.17) is 9.47 Å². The van der Waals surface area contributed by atoms with Gasteiger partial charge in [-0.15, -0.1) is 0 Å². The molecule has 0 aliphatic carbocycles. The van der Waals surface area contributed by atoms with Gasteiger partial charge in [0.1, 0.15) is 17.6 Å². The maximum atomic E-state index is 10.7. The summed E-state index contributed by atoms with van der Waals surface area (Å²) in [5.74, 6) is 1.35. The summed E-state index contributed by atoms with van der Waals surface area (Å²) in [6.45, 7) is 4.00. The number of aliphatic hydroxyl groups excluding tert-OH is 1. The first kappa shape index (κ1) is 14.4. The molecule has 0 spiro atoms. The molecule has 3 nitrogen and oxygen atoms in total. The summed E-state index contributed by atoms with van der Waals surface area (Å²) in [7, 11) is 3.21. The third-order valence-electron chi connectivity index (χ3n) is 3.55. The van der Waals surface area contributed by atoms with Gasteiger partial charge in [0.15, 0.2) is 0 Å². The number of methoxy groups -OCH3 is 2. The van der Waals surface area contributed by atoms with Crippen LogP contribution in [0, 0.1) is 13.8 Å². The normalized spacial score (nSPS) is 12.1. The maximum absolute atomic E-state index is 10.7. The Balaban J connectivity index is 2.55. The highest BCUT2D eigenvalue weighted by molar-refractivity contribution is 5.48. The summed E-state index contributed by atoms with van der Waals surface area (Å²) >= 11 is 0. The Morgan fingerprint density at radius 2 is 1.60 bits per heavy atom. The standard InChI is InChI=1S/C17H20O3/c1-11-6-5-7-12(2)16(11)17(18)14-10-13(19-3)8-9-15(14)20-4/h5-10,17-18H,1-4H3. The van der Waals surface area contributed by atoms with Crippen LogP contribution in [0.2, 0.25) is 0 Å².